The Morgan fingerprint density at radius 2 is 2.15 bits per heavy atom. The van der Waals surface area contributed by atoms with Crippen molar-refractivity contribution >= 4 is 33.6 Å². The summed E-state index contributed by atoms with van der Waals surface area (Å²) in [6, 6.07) is 4.18. The Morgan fingerprint density at radius 1 is 1.38 bits per heavy atom. The molecule has 2 aromatic heterocycles. The molecule has 2 aromatic rings. The summed E-state index contributed by atoms with van der Waals surface area (Å²) in [7, 11) is 1.97. The molecule has 0 spiro atoms. The first-order chi connectivity index (χ1) is 12.5. The molecular formula is C20H25N3OS2. The van der Waals surface area contributed by atoms with Crippen LogP contribution in [-0.4, -0.2) is 23.9 Å². The van der Waals surface area contributed by atoms with Crippen LogP contribution in [0.3, 0.4) is 0 Å². The summed E-state index contributed by atoms with van der Waals surface area (Å²) in [5, 5.41) is 15.5. The number of carbonyl (C=O) groups excluding carboxylic acids is 1. The van der Waals surface area contributed by atoms with Crippen LogP contribution in [0.2, 0.25) is 0 Å². The molecule has 1 aliphatic carbocycles. The molecule has 26 heavy (non-hydrogen) atoms. The monoisotopic (exact) mass is 387 g/mol. The van der Waals surface area contributed by atoms with E-state index in [1.165, 1.54) is 33.7 Å². The van der Waals surface area contributed by atoms with Gasteiger partial charge >= 0.3 is 0 Å². The SMILES string of the molecule is Cc1ccsc1CN(C)[C@H](C)C(=O)Nc1sc2c(c1C#N)CCCCC2. The maximum absolute atomic E-state index is 12.8. The third-order valence-corrected chi connectivity index (χ3v) is 7.39. The van der Waals surface area contributed by atoms with Gasteiger partial charge in [0.05, 0.1) is 11.6 Å². The Hall–Kier alpha value is -1.68. The number of aryl methyl sites for hydroxylation is 2. The van der Waals surface area contributed by atoms with Crippen LogP contribution in [-0.2, 0) is 24.2 Å². The van der Waals surface area contributed by atoms with Gasteiger partial charge in [-0.1, -0.05) is 6.42 Å². The van der Waals surface area contributed by atoms with Crippen LogP contribution in [0, 0.1) is 18.3 Å². The first-order valence-electron chi connectivity index (χ1n) is 9.10. The second-order valence-corrected chi connectivity index (χ2v) is 9.09. The largest absolute Gasteiger partial charge is 0.315 e. The minimum Gasteiger partial charge on any atom is -0.315 e. The van der Waals surface area contributed by atoms with E-state index in [1.807, 2.05) is 14.0 Å². The van der Waals surface area contributed by atoms with Crippen molar-refractivity contribution < 1.29 is 4.79 Å². The van der Waals surface area contributed by atoms with Gasteiger partial charge in [0.15, 0.2) is 0 Å². The lowest BCUT2D eigenvalue weighted by Gasteiger charge is -2.23. The number of fused-ring (bicyclic) bond motifs is 1. The number of nitriles is 1. The fraction of sp³-hybridized carbons (Fsp3) is 0.500. The highest BCUT2D eigenvalue weighted by molar-refractivity contribution is 7.16. The molecule has 0 saturated carbocycles. The highest BCUT2D eigenvalue weighted by atomic mass is 32.1. The Labute approximate surface area is 163 Å². The third kappa shape index (κ3) is 4.01. The Bertz CT molecular complexity index is 831. The number of likely N-dealkylation sites (N-methyl/N-ethyl adjacent to an activating group) is 1. The lowest BCUT2D eigenvalue weighted by molar-refractivity contribution is -0.120. The van der Waals surface area contributed by atoms with E-state index in [2.05, 4.69) is 34.7 Å². The zero-order valence-corrected chi connectivity index (χ0v) is 17.2. The Morgan fingerprint density at radius 3 is 2.85 bits per heavy atom. The molecule has 0 radical (unpaired) electrons. The van der Waals surface area contributed by atoms with Crippen molar-refractivity contribution in [3.8, 4) is 6.07 Å². The van der Waals surface area contributed by atoms with E-state index >= 15 is 0 Å². The van der Waals surface area contributed by atoms with Gasteiger partial charge in [-0.15, -0.1) is 22.7 Å². The molecule has 138 valence electrons. The van der Waals surface area contributed by atoms with Crippen molar-refractivity contribution in [2.75, 3.05) is 12.4 Å². The summed E-state index contributed by atoms with van der Waals surface area (Å²) in [6.45, 7) is 4.77. The lowest BCUT2D eigenvalue weighted by Crippen LogP contribution is -2.39. The van der Waals surface area contributed by atoms with Crippen LogP contribution in [0.4, 0.5) is 5.00 Å². The summed E-state index contributed by atoms with van der Waals surface area (Å²) < 4.78 is 0. The molecule has 3 rings (SSSR count). The molecular weight excluding hydrogens is 362 g/mol. The van der Waals surface area contributed by atoms with Gasteiger partial charge in [0.25, 0.3) is 0 Å². The summed E-state index contributed by atoms with van der Waals surface area (Å²) in [4.78, 5) is 17.4. The number of hydrogen-bond donors (Lipinski definition) is 1. The number of rotatable bonds is 5. The van der Waals surface area contributed by atoms with Gasteiger partial charge in [0.1, 0.15) is 11.1 Å². The molecule has 1 aliphatic rings. The standard InChI is InChI=1S/C20H25N3OS2/c1-13-9-10-25-18(13)12-23(3)14(2)19(24)22-20-16(11-21)15-7-5-4-6-8-17(15)26-20/h9-10,14H,4-8,12H2,1-3H3,(H,22,24)/t14-/m1/s1. The van der Waals surface area contributed by atoms with Crippen molar-refractivity contribution in [1.29, 1.82) is 5.26 Å². The maximum atomic E-state index is 12.8. The molecule has 0 bridgehead atoms. The molecule has 6 heteroatoms. The van der Waals surface area contributed by atoms with Gasteiger partial charge in [-0.3, -0.25) is 9.69 Å². The van der Waals surface area contributed by atoms with Crippen LogP contribution >= 0.6 is 22.7 Å². The highest BCUT2D eigenvalue weighted by Gasteiger charge is 2.24. The van der Waals surface area contributed by atoms with E-state index in [4.69, 9.17) is 0 Å². The van der Waals surface area contributed by atoms with Crippen LogP contribution < -0.4 is 5.32 Å². The van der Waals surface area contributed by atoms with Crippen LogP contribution in [0.1, 0.15) is 52.6 Å². The van der Waals surface area contributed by atoms with Gasteiger partial charge in [-0.25, -0.2) is 0 Å². The van der Waals surface area contributed by atoms with Gasteiger partial charge in [0, 0.05) is 16.3 Å². The molecule has 0 saturated heterocycles. The van der Waals surface area contributed by atoms with Crippen molar-refractivity contribution in [1.82, 2.24) is 4.90 Å². The first kappa shape index (κ1) is 19.1. The van der Waals surface area contributed by atoms with Crippen LogP contribution in [0.5, 0.6) is 0 Å². The van der Waals surface area contributed by atoms with Crippen molar-refractivity contribution in [3.05, 3.63) is 37.9 Å². The van der Waals surface area contributed by atoms with E-state index in [0.717, 1.165) is 30.8 Å². The fourth-order valence-electron chi connectivity index (χ4n) is 3.30. The number of nitrogens with one attached hydrogen (secondary N) is 1. The number of hydrogen-bond acceptors (Lipinski definition) is 5. The second-order valence-electron chi connectivity index (χ2n) is 6.99. The topological polar surface area (TPSA) is 56.1 Å². The van der Waals surface area contributed by atoms with Gasteiger partial charge in [-0.2, -0.15) is 5.26 Å². The number of nitrogens with zero attached hydrogens (tertiary/aromatic N) is 2. The molecule has 2 heterocycles. The first-order valence-corrected chi connectivity index (χ1v) is 10.8. The average molecular weight is 388 g/mol. The van der Waals surface area contributed by atoms with Gasteiger partial charge < -0.3 is 5.32 Å². The van der Waals surface area contributed by atoms with Gasteiger partial charge in [-0.05, 0) is 69.2 Å². The van der Waals surface area contributed by atoms with E-state index in [9.17, 15) is 10.1 Å². The molecule has 1 atom stereocenters. The van der Waals surface area contributed by atoms with Crippen LogP contribution in [0.25, 0.3) is 0 Å². The number of thiophene rings is 2. The summed E-state index contributed by atoms with van der Waals surface area (Å²) >= 11 is 3.32. The highest BCUT2D eigenvalue weighted by Crippen LogP contribution is 2.37. The predicted molar refractivity (Wildman–Crippen MR) is 109 cm³/mol. The lowest BCUT2D eigenvalue weighted by atomic mass is 10.1. The minimum atomic E-state index is -0.259. The van der Waals surface area contributed by atoms with Crippen LogP contribution in [0.15, 0.2) is 11.4 Å². The second kappa shape index (κ2) is 8.34. The minimum absolute atomic E-state index is 0.0466. The quantitative estimate of drug-likeness (QED) is 0.756. The number of amides is 1. The molecule has 0 fully saturated rings. The molecule has 1 N–H and O–H groups in total. The number of anilines is 1. The summed E-state index contributed by atoms with van der Waals surface area (Å²) in [5.74, 6) is -0.0466. The normalized spacial score (nSPS) is 15.2. The smallest absolute Gasteiger partial charge is 0.242 e. The van der Waals surface area contributed by atoms with Crippen molar-refractivity contribution in [2.45, 2.75) is 58.5 Å². The third-order valence-electron chi connectivity index (χ3n) is 5.17. The summed E-state index contributed by atoms with van der Waals surface area (Å²) in [6.07, 6.45) is 5.50. The van der Waals surface area contributed by atoms with E-state index < -0.39 is 0 Å². The predicted octanol–water partition coefficient (Wildman–Crippen LogP) is 4.72. The van der Waals surface area contributed by atoms with Crippen molar-refractivity contribution in [2.24, 2.45) is 0 Å². The van der Waals surface area contributed by atoms with Gasteiger partial charge in [0.2, 0.25) is 5.91 Å². The number of carbonyl (C=O) groups is 1. The average Bonchev–Trinajstić information content (AvgIpc) is 3.08. The molecule has 0 unspecified atom stereocenters. The van der Waals surface area contributed by atoms with E-state index in [0.29, 0.717) is 5.56 Å². The molecule has 4 nitrogen and oxygen atoms in total. The van der Waals surface area contributed by atoms with Crippen molar-refractivity contribution in [3.63, 3.8) is 0 Å². The van der Waals surface area contributed by atoms with E-state index in [-0.39, 0.29) is 11.9 Å². The molecule has 1 amide bonds. The molecule has 0 aromatic carbocycles. The zero-order valence-electron chi connectivity index (χ0n) is 15.6. The fourth-order valence-corrected chi connectivity index (χ4v) is 5.51. The van der Waals surface area contributed by atoms with E-state index in [1.54, 1.807) is 22.7 Å². The molecule has 0 aliphatic heterocycles. The maximum Gasteiger partial charge on any atom is 0.242 e. The Balaban J connectivity index is 1.71. The summed E-state index contributed by atoms with van der Waals surface area (Å²) in [5.41, 5.74) is 3.12. The zero-order chi connectivity index (χ0) is 18.7. The Kier molecular flexibility index (Phi) is 6.13.